The molecule has 0 aromatic heterocycles. The van der Waals surface area contributed by atoms with Gasteiger partial charge in [-0.1, -0.05) is 29.8 Å². The zero-order valence-electron chi connectivity index (χ0n) is 15.2. The molecular formula is C20H23ClFNO4. The van der Waals surface area contributed by atoms with Gasteiger partial charge in [0.1, 0.15) is 11.6 Å². The molecule has 2 aromatic carbocycles. The van der Waals surface area contributed by atoms with Crippen molar-refractivity contribution in [2.24, 2.45) is 0 Å². The highest BCUT2D eigenvalue weighted by atomic mass is 35.5. The molecule has 7 heteroatoms. The molecule has 0 saturated heterocycles. The van der Waals surface area contributed by atoms with E-state index in [1.807, 2.05) is 6.92 Å². The zero-order chi connectivity index (χ0) is 19.8. The predicted octanol–water partition coefficient (Wildman–Crippen LogP) is 3.29. The van der Waals surface area contributed by atoms with Crippen LogP contribution in [-0.4, -0.2) is 37.4 Å². The van der Waals surface area contributed by atoms with Gasteiger partial charge < -0.3 is 19.9 Å². The van der Waals surface area contributed by atoms with E-state index >= 15 is 0 Å². The Bertz CT molecular complexity index is 771. The molecule has 0 fully saturated rings. The third-order valence-electron chi connectivity index (χ3n) is 4.03. The van der Waals surface area contributed by atoms with Crippen LogP contribution in [0.15, 0.2) is 42.5 Å². The maximum Gasteiger partial charge on any atom is 0.343 e. The van der Waals surface area contributed by atoms with Crippen molar-refractivity contribution in [2.75, 3.05) is 20.3 Å². The minimum absolute atomic E-state index is 0.0600. The van der Waals surface area contributed by atoms with E-state index in [1.165, 1.54) is 13.2 Å². The second kappa shape index (κ2) is 10.3. The van der Waals surface area contributed by atoms with Gasteiger partial charge in [0.2, 0.25) is 0 Å². The monoisotopic (exact) mass is 395 g/mol. The average Bonchev–Trinajstić information content (AvgIpc) is 2.66. The smallest absolute Gasteiger partial charge is 0.343 e. The van der Waals surface area contributed by atoms with Crippen LogP contribution in [-0.2, 0) is 16.0 Å². The van der Waals surface area contributed by atoms with Crippen molar-refractivity contribution < 1.29 is 23.8 Å². The third-order valence-corrected chi connectivity index (χ3v) is 4.26. The number of aliphatic hydroxyl groups excluding tert-OH is 1. The van der Waals surface area contributed by atoms with Crippen LogP contribution >= 0.6 is 11.6 Å². The fraction of sp³-hybridized carbons (Fsp3) is 0.350. The van der Waals surface area contributed by atoms with Crippen molar-refractivity contribution in [3.8, 4) is 5.75 Å². The summed E-state index contributed by atoms with van der Waals surface area (Å²) in [7, 11) is 1.26. The Kier molecular flexibility index (Phi) is 8.03. The molecule has 27 heavy (non-hydrogen) atoms. The van der Waals surface area contributed by atoms with E-state index in [2.05, 4.69) is 10.1 Å². The number of methoxy groups -OCH3 is 1. The quantitative estimate of drug-likeness (QED) is 0.638. The van der Waals surface area contributed by atoms with Gasteiger partial charge in [-0.2, -0.15) is 0 Å². The Morgan fingerprint density at radius 2 is 2.07 bits per heavy atom. The van der Waals surface area contributed by atoms with Crippen LogP contribution in [0, 0.1) is 5.82 Å². The predicted molar refractivity (Wildman–Crippen MR) is 101 cm³/mol. The number of benzene rings is 2. The Morgan fingerprint density at radius 3 is 2.74 bits per heavy atom. The van der Waals surface area contributed by atoms with Crippen molar-refractivity contribution in [1.29, 1.82) is 0 Å². The summed E-state index contributed by atoms with van der Waals surface area (Å²) in [5.41, 5.74) is 1.23. The Balaban J connectivity index is 1.86. The lowest BCUT2D eigenvalue weighted by Gasteiger charge is -2.18. The molecule has 0 aliphatic heterocycles. The van der Waals surface area contributed by atoms with Gasteiger partial charge in [0.05, 0.1) is 13.2 Å². The van der Waals surface area contributed by atoms with Crippen molar-refractivity contribution >= 4 is 17.6 Å². The molecule has 146 valence electrons. The summed E-state index contributed by atoms with van der Waals surface area (Å²) >= 11 is 5.93. The van der Waals surface area contributed by atoms with Gasteiger partial charge in [0.15, 0.2) is 6.61 Å². The van der Waals surface area contributed by atoms with E-state index in [-0.39, 0.29) is 18.4 Å². The summed E-state index contributed by atoms with van der Waals surface area (Å²) < 4.78 is 23.9. The van der Waals surface area contributed by atoms with Gasteiger partial charge >= 0.3 is 5.97 Å². The molecule has 2 N–H and O–H groups in total. The van der Waals surface area contributed by atoms with Crippen LogP contribution < -0.4 is 10.1 Å². The highest BCUT2D eigenvalue weighted by molar-refractivity contribution is 6.30. The standard InChI is InChI=1S/C20H23ClFNO4/c1-13(23-11-19(24)15-4-3-5-16(21)9-15)8-14-6-7-17(10-18(14)22)27-12-20(25)26-2/h3-7,9-10,13,19,23-24H,8,11-12H2,1-2H3. The molecule has 0 spiro atoms. The SMILES string of the molecule is COC(=O)COc1ccc(CC(C)NCC(O)c2cccc(Cl)c2)c(F)c1. The van der Waals surface area contributed by atoms with Crippen molar-refractivity contribution in [3.05, 3.63) is 64.4 Å². The molecule has 2 unspecified atom stereocenters. The van der Waals surface area contributed by atoms with Gasteiger partial charge in [-0.05, 0) is 42.7 Å². The van der Waals surface area contributed by atoms with Crippen LogP contribution in [0.1, 0.15) is 24.2 Å². The first-order chi connectivity index (χ1) is 12.9. The van der Waals surface area contributed by atoms with Crippen LogP contribution in [0.5, 0.6) is 5.75 Å². The fourth-order valence-electron chi connectivity index (χ4n) is 2.53. The number of hydrogen-bond acceptors (Lipinski definition) is 5. The number of halogens is 2. The fourth-order valence-corrected chi connectivity index (χ4v) is 2.73. The maximum absolute atomic E-state index is 14.2. The molecule has 0 bridgehead atoms. The minimum Gasteiger partial charge on any atom is -0.482 e. The molecular weight excluding hydrogens is 373 g/mol. The number of carbonyl (C=O) groups excluding carboxylic acids is 1. The minimum atomic E-state index is -0.704. The summed E-state index contributed by atoms with van der Waals surface area (Å²) in [5, 5.41) is 14.0. The van der Waals surface area contributed by atoms with E-state index in [0.717, 1.165) is 5.56 Å². The third kappa shape index (κ3) is 6.82. The average molecular weight is 396 g/mol. The first kappa shape index (κ1) is 21.2. The Morgan fingerprint density at radius 1 is 1.30 bits per heavy atom. The van der Waals surface area contributed by atoms with Gasteiger partial charge in [-0.25, -0.2) is 9.18 Å². The van der Waals surface area contributed by atoms with Crippen LogP contribution in [0.4, 0.5) is 4.39 Å². The van der Waals surface area contributed by atoms with Crippen molar-refractivity contribution in [3.63, 3.8) is 0 Å². The molecule has 0 heterocycles. The van der Waals surface area contributed by atoms with Gasteiger partial charge in [-0.3, -0.25) is 0 Å². The Hall–Kier alpha value is -2.15. The number of esters is 1. The number of nitrogens with one attached hydrogen (secondary N) is 1. The van der Waals surface area contributed by atoms with Crippen LogP contribution in [0.2, 0.25) is 5.02 Å². The summed E-state index contributed by atoms with van der Waals surface area (Å²) in [5.74, 6) is -0.685. The molecule has 0 saturated carbocycles. The van der Waals surface area contributed by atoms with E-state index in [4.69, 9.17) is 16.3 Å². The lowest BCUT2D eigenvalue weighted by molar-refractivity contribution is -0.142. The summed E-state index contributed by atoms with van der Waals surface area (Å²) in [6.07, 6.45) is -0.268. The second-order valence-electron chi connectivity index (χ2n) is 6.20. The topological polar surface area (TPSA) is 67.8 Å². The highest BCUT2D eigenvalue weighted by Crippen LogP contribution is 2.19. The maximum atomic E-state index is 14.2. The Labute approximate surface area is 163 Å². The summed E-state index contributed by atoms with van der Waals surface area (Å²) in [4.78, 5) is 11.1. The molecule has 2 atom stereocenters. The van der Waals surface area contributed by atoms with E-state index < -0.39 is 17.9 Å². The van der Waals surface area contributed by atoms with E-state index in [0.29, 0.717) is 23.6 Å². The molecule has 0 radical (unpaired) electrons. The van der Waals surface area contributed by atoms with Crippen LogP contribution in [0.25, 0.3) is 0 Å². The first-order valence-corrected chi connectivity index (χ1v) is 8.91. The van der Waals surface area contributed by atoms with Crippen molar-refractivity contribution in [1.82, 2.24) is 5.32 Å². The molecule has 5 nitrogen and oxygen atoms in total. The lowest BCUT2D eigenvalue weighted by Crippen LogP contribution is -2.32. The molecule has 2 aromatic rings. The number of aliphatic hydroxyl groups is 1. The summed E-state index contributed by atoms with van der Waals surface area (Å²) in [6, 6.07) is 11.4. The molecule has 0 aliphatic carbocycles. The normalized spacial score (nSPS) is 13.1. The van der Waals surface area contributed by atoms with Gasteiger partial charge in [-0.15, -0.1) is 0 Å². The van der Waals surface area contributed by atoms with E-state index in [1.54, 1.807) is 36.4 Å². The van der Waals surface area contributed by atoms with E-state index in [9.17, 15) is 14.3 Å². The number of carbonyl (C=O) groups is 1. The summed E-state index contributed by atoms with van der Waals surface area (Å²) in [6.45, 7) is 1.96. The number of hydrogen-bond donors (Lipinski definition) is 2. The molecule has 0 amide bonds. The van der Waals surface area contributed by atoms with Crippen LogP contribution in [0.3, 0.4) is 0 Å². The molecule has 0 aliphatic rings. The lowest BCUT2D eigenvalue weighted by atomic mass is 10.1. The number of ether oxygens (including phenoxy) is 2. The second-order valence-corrected chi connectivity index (χ2v) is 6.64. The van der Waals surface area contributed by atoms with Gasteiger partial charge in [0, 0.05) is 23.7 Å². The largest absolute Gasteiger partial charge is 0.482 e. The zero-order valence-corrected chi connectivity index (χ0v) is 16.0. The first-order valence-electron chi connectivity index (χ1n) is 8.54. The van der Waals surface area contributed by atoms with Gasteiger partial charge in [0.25, 0.3) is 0 Å². The van der Waals surface area contributed by atoms with Crippen molar-refractivity contribution in [2.45, 2.75) is 25.5 Å². The molecule has 2 rings (SSSR count). The number of rotatable bonds is 9. The highest BCUT2D eigenvalue weighted by Gasteiger charge is 2.13.